The van der Waals surface area contributed by atoms with Crippen LogP contribution in [-0.4, -0.2) is 23.5 Å². The van der Waals surface area contributed by atoms with Crippen molar-refractivity contribution >= 4 is 35.2 Å². The van der Waals surface area contributed by atoms with Crippen molar-refractivity contribution in [3.8, 4) is 5.75 Å². The van der Waals surface area contributed by atoms with Gasteiger partial charge in [-0.15, -0.1) is 0 Å². The monoisotopic (exact) mass is 343 g/mol. The van der Waals surface area contributed by atoms with Crippen molar-refractivity contribution in [3.05, 3.63) is 64.4 Å². The normalized spacial score (nSPS) is 15.2. The van der Waals surface area contributed by atoms with Crippen molar-refractivity contribution in [1.82, 2.24) is 0 Å². The average molecular weight is 344 g/mol. The van der Waals surface area contributed by atoms with Crippen LogP contribution in [-0.2, 0) is 9.59 Å². The number of carboxylic acids is 1. The number of hydrogen-bond acceptors (Lipinski definition) is 3. The number of halogens is 1. The number of hydrogen-bond donors (Lipinski definition) is 1. The van der Waals surface area contributed by atoms with E-state index >= 15 is 0 Å². The SMILES string of the molecule is Cc1ccc2c(c1)N(CC(=O)O)C(=O)/C(=C\c1ccc(Cl)cc1)O2. The molecule has 1 aliphatic rings. The molecule has 3 rings (SSSR count). The van der Waals surface area contributed by atoms with Gasteiger partial charge in [0.25, 0.3) is 5.91 Å². The standard InChI is InChI=1S/C18H14ClNO4/c1-11-2-7-15-14(8-11)20(10-17(21)22)18(23)16(24-15)9-12-3-5-13(19)6-4-12/h2-9H,10H2,1H3,(H,21,22)/b16-9+. The number of carboxylic acid groups (broad SMARTS) is 1. The lowest BCUT2D eigenvalue weighted by molar-refractivity contribution is -0.136. The van der Waals surface area contributed by atoms with E-state index < -0.39 is 18.4 Å². The molecule has 0 aliphatic carbocycles. The molecule has 0 atom stereocenters. The van der Waals surface area contributed by atoms with Gasteiger partial charge in [-0.05, 0) is 48.4 Å². The predicted molar refractivity (Wildman–Crippen MR) is 91.2 cm³/mol. The molecular weight excluding hydrogens is 330 g/mol. The second kappa shape index (κ2) is 6.37. The molecule has 1 N–H and O–H groups in total. The van der Waals surface area contributed by atoms with E-state index in [4.69, 9.17) is 21.4 Å². The fourth-order valence-corrected chi connectivity index (χ4v) is 2.55. The molecule has 1 aliphatic heterocycles. The van der Waals surface area contributed by atoms with Crippen LogP contribution < -0.4 is 9.64 Å². The molecule has 2 aromatic rings. The molecule has 0 saturated carbocycles. The number of rotatable bonds is 3. The summed E-state index contributed by atoms with van der Waals surface area (Å²) in [6.07, 6.45) is 1.57. The Labute approximate surface area is 143 Å². The number of ether oxygens (including phenoxy) is 1. The molecule has 5 nitrogen and oxygen atoms in total. The fourth-order valence-electron chi connectivity index (χ4n) is 2.42. The topological polar surface area (TPSA) is 66.8 Å². The largest absolute Gasteiger partial charge is 0.480 e. The van der Waals surface area contributed by atoms with Gasteiger partial charge in [-0.2, -0.15) is 0 Å². The Morgan fingerprint density at radius 2 is 1.96 bits per heavy atom. The molecule has 0 spiro atoms. The van der Waals surface area contributed by atoms with Crippen LogP contribution in [0.15, 0.2) is 48.2 Å². The molecule has 122 valence electrons. The lowest BCUT2D eigenvalue weighted by Gasteiger charge is -2.29. The Morgan fingerprint density at radius 3 is 2.62 bits per heavy atom. The van der Waals surface area contributed by atoms with Crippen molar-refractivity contribution in [1.29, 1.82) is 0 Å². The highest BCUT2D eigenvalue weighted by Gasteiger charge is 2.31. The number of aryl methyl sites for hydroxylation is 1. The van der Waals surface area contributed by atoms with Crippen molar-refractivity contribution in [2.24, 2.45) is 0 Å². The molecule has 0 aromatic heterocycles. The Kier molecular flexibility index (Phi) is 4.27. The van der Waals surface area contributed by atoms with Crippen molar-refractivity contribution < 1.29 is 19.4 Å². The van der Waals surface area contributed by atoms with Crippen LogP contribution >= 0.6 is 11.6 Å². The minimum absolute atomic E-state index is 0.0647. The zero-order chi connectivity index (χ0) is 17.3. The first-order valence-corrected chi connectivity index (χ1v) is 7.61. The summed E-state index contributed by atoms with van der Waals surface area (Å²) >= 11 is 5.85. The summed E-state index contributed by atoms with van der Waals surface area (Å²) in [5, 5.41) is 9.70. The second-order valence-electron chi connectivity index (χ2n) is 5.42. The average Bonchev–Trinajstić information content (AvgIpc) is 2.54. The summed E-state index contributed by atoms with van der Waals surface area (Å²) in [6, 6.07) is 12.2. The zero-order valence-corrected chi connectivity index (χ0v) is 13.6. The van der Waals surface area contributed by atoms with E-state index in [1.165, 1.54) is 4.90 Å². The lowest BCUT2D eigenvalue weighted by atomic mass is 10.1. The van der Waals surface area contributed by atoms with Crippen molar-refractivity contribution in [2.45, 2.75) is 6.92 Å². The van der Waals surface area contributed by atoms with Crippen molar-refractivity contribution in [3.63, 3.8) is 0 Å². The quantitative estimate of drug-likeness (QED) is 0.866. The van der Waals surface area contributed by atoms with Gasteiger partial charge in [0.05, 0.1) is 5.69 Å². The van der Waals surface area contributed by atoms with Gasteiger partial charge in [0.2, 0.25) is 0 Å². The third-order valence-electron chi connectivity index (χ3n) is 3.54. The third kappa shape index (κ3) is 3.26. The van der Waals surface area contributed by atoms with Crippen LogP contribution in [0.25, 0.3) is 6.08 Å². The molecule has 0 unspecified atom stereocenters. The van der Waals surface area contributed by atoms with Gasteiger partial charge >= 0.3 is 5.97 Å². The molecule has 2 aromatic carbocycles. The first-order valence-electron chi connectivity index (χ1n) is 7.23. The summed E-state index contributed by atoms with van der Waals surface area (Å²) in [7, 11) is 0. The highest BCUT2D eigenvalue weighted by Crippen LogP contribution is 2.36. The van der Waals surface area contributed by atoms with Crippen LogP contribution in [0.4, 0.5) is 5.69 Å². The van der Waals surface area contributed by atoms with Crippen molar-refractivity contribution in [2.75, 3.05) is 11.4 Å². The minimum Gasteiger partial charge on any atom is -0.480 e. The van der Waals surface area contributed by atoms with Crippen LogP contribution in [0, 0.1) is 6.92 Å². The molecule has 1 heterocycles. The Bertz CT molecular complexity index is 843. The first-order chi connectivity index (χ1) is 11.4. The van der Waals surface area contributed by atoms with Crippen LogP contribution in [0.1, 0.15) is 11.1 Å². The number of amides is 1. The predicted octanol–water partition coefficient (Wildman–Crippen LogP) is 3.50. The highest BCUT2D eigenvalue weighted by atomic mass is 35.5. The molecule has 0 saturated heterocycles. The Balaban J connectivity index is 2.04. The van der Waals surface area contributed by atoms with Gasteiger partial charge in [0, 0.05) is 5.02 Å². The molecule has 6 heteroatoms. The number of carbonyl (C=O) groups excluding carboxylic acids is 1. The van der Waals surface area contributed by atoms with E-state index in [1.54, 1.807) is 42.5 Å². The van der Waals surface area contributed by atoms with E-state index in [0.717, 1.165) is 11.1 Å². The van der Waals surface area contributed by atoms with E-state index in [9.17, 15) is 9.59 Å². The number of benzene rings is 2. The first kappa shape index (κ1) is 16.1. The lowest BCUT2D eigenvalue weighted by Crippen LogP contribution is -2.40. The summed E-state index contributed by atoms with van der Waals surface area (Å²) in [6.45, 7) is 1.43. The maximum Gasteiger partial charge on any atom is 0.323 e. The molecule has 24 heavy (non-hydrogen) atoms. The van der Waals surface area contributed by atoms with E-state index in [2.05, 4.69) is 0 Å². The summed E-state index contributed by atoms with van der Waals surface area (Å²) in [5.41, 5.74) is 2.09. The fraction of sp³-hybridized carbons (Fsp3) is 0.111. The number of carbonyl (C=O) groups is 2. The maximum atomic E-state index is 12.6. The summed E-state index contributed by atoms with van der Waals surface area (Å²) in [4.78, 5) is 25.0. The van der Waals surface area contributed by atoms with Gasteiger partial charge in [0.15, 0.2) is 11.5 Å². The van der Waals surface area contributed by atoms with Gasteiger partial charge in [0.1, 0.15) is 6.54 Å². The summed E-state index contributed by atoms with van der Waals surface area (Å²) in [5.74, 6) is -1.08. The van der Waals surface area contributed by atoms with Gasteiger partial charge < -0.3 is 9.84 Å². The Morgan fingerprint density at radius 1 is 1.25 bits per heavy atom. The number of anilines is 1. The molecule has 0 bridgehead atoms. The maximum absolute atomic E-state index is 12.6. The number of aliphatic carboxylic acids is 1. The van der Waals surface area contributed by atoms with Gasteiger partial charge in [-0.25, -0.2) is 0 Å². The van der Waals surface area contributed by atoms with Crippen LogP contribution in [0.3, 0.4) is 0 Å². The number of nitrogens with zero attached hydrogens (tertiary/aromatic N) is 1. The molecule has 0 fully saturated rings. The van der Waals surface area contributed by atoms with Crippen LogP contribution in [0.5, 0.6) is 5.75 Å². The third-order valence-corrected chi connectivity index (χ3v) is 3.79. The van der Waals surface area contributed by atoms with E-state index in [1.807, 2.05) is 13.0 Å². The zero-order valence-electron chi connectivity index (χ0n) is 12.8. The summed E-state index contributed by atoms with van der Waals surface area (Å²) < 4.78 is 5.69. The molecular formula is C18H14ClNO4. The van der Waals surface area contributed by atoms with E-state index in [-0.39, 0.29) is 5.76 Å². The molecule has 0 radical (unpaired) electrons. The van der Waals surface area contributed by atoms with Gasteiger partial charge in [-0.3, -0.25) is 14.5 Å². The minimum atomic E-state index is -1.09. The molecule has 1 amide bonds. The highest BCUT2D eigenvalue weighted by molar-refractivity contribution is 6.30. The number of fused-ring (bicyclic) bond motifs is 1. The van der Waals surface area contributed by atoms with Gasteiger partial charge in [-0.1, -0.05) is 29.8 Å². The van der Waals surface area contributed by atoms with Crippen LogP contribution in [0.2, 0.25) is 5.02 Å². The Hall–Kier alpha value is -2.79. The smallest absolute Gasteiger partial charge is 0.323 e. The van der Waals surface area contributed by atoms with E-state index in [0.29, 0.717) is 16.5 Å². The second-order valence-corrected chi connectivity index (χ2v) is 5.85.